The van der Waals surface area contributed by atoms with Gasteiger partial charge >= 0.3 is 0 Å². The van der Waals surface area contributed by atoms with E-state index in [1.165, 1.54) is 12.4 Å². The Bertz CT molecular complexity index is 556. The van der Waals surface area contributed by atoms with Crippen LogP contribution in [0.3, 0.4) is 0 Å². The molecule has 0 aliphatic carbocycles. The molecule has 5 heteroatoms. The van der Waals surface area contributed by atoms with Gasteiger partial charge in [0.2, 0.25) is 5.88 Å². The molecule has 0 saturated carbocycles. The lowest BCUT2D eigenvalue weighted by molar-refractivity contribution is 0.448. The van der Waals surface area contributed by atoms with Crippen molar-refractivity contribution in [1.82, 2.24) is 9.97 Å². The van der Waals surface area contributed by atoms with Gasteiger partial charge in [-0.25, -0.2) is 9.97 Å². The number of nitrogen functional groups attached to an aromatic ring is 1. The lowest BCUT2D eigenvalue weighted by Gasteiger charge is -2.10. The number of benzene rings is 1. The molecule has 0 unspecified atom stereocenters. The van der Waals surface area contributed by atoms with Gasteiger partial charge < -0.3 is 15.6 Å². The van der Waals surface area contributed by atoms with Crippen LogP contribution >= 0.6 is 0 Å². The van der Waals surface area contributed by atoms with Crippen molar-refractivity contribution in [3.05, 3.63) is 36.3 Å². The number of rotatable bonds is 3. The summed E-state index contributed by atoms with van der Waals surface area (Å²) in [6.07, 6.45) is 1.45. The van der Waals surface area contributed by atoms with Crippen molar-refractivity contribution in [2.24, 2.45) is 0 Å². The molecule has 1 aromatic heterocycles. The second kappa shape index (κ2) is 4.91. The van der Waals surface area contributed by atoms with E-state index in [0.29, 0.717) is 11.6 Å². The van der Waals surface area contributed by atoms with Gasteiger partial charge in [-0.05, 0) is 18.1 Å². The van der Waals surface area contributed by atoms with E-state index in [-0.39, 0.29) is 17.4 Å². The summed E-state index contributed by atoms with van der Waals surface area (Å²) >= 11 is 0. The van der Waals surface area contributed by atoms with Crippen LogP contribution in [0.15, 0.2) is 30.6 Å². The molecule has 0 atom stereocenters. The number of aromatic hydroxyl groups is 1. The van der Waals surface area contributed by atoms with E-state index in [2.05, 4.69) is 9.97 Å². The number of para-hydroxylation sites is 1. The molecule has 0 saturated heterocycles. The molecule has 1 heterocycles. The molecule has 0 aliphatic rings. The van der Waals surface area contributed by atoms with Gasteiger partial charge in [-0.3, -0.25) is 0 Å². The number of anilines is 1. The van der Waals surface area contributed by atoms with Gasteiger partial charge in [0.15, 0.2) is 5.75 Å². The Morgan fingerprint density at radius 2 is 2.06 bits per heavy atom. The fourth-order valence-electron chi connectivity index (χ4n) is 1.46. The average molecular weight is 245 g/mol. The Morgan fingerprint density at radius 1 is 1.28 bits per heavy atom. The molecule has 0 bridgehead atoms. The van der Waals surface area contributed by atoms with Crippen LogP contribution in [0.5, 0.6) is 17.4 Å². The average Bonchev–Trinajstić information content (AvgIpc) is 2.35. The van der Waals surface area contributed by atoms with E-state index < -0.39 is 0 Å². The number of ether oxygens (including phenoxy) is 1. The van der Waals surface area contributed by atoms with Gasteiger partial charge in [-0.2, -0.15) is 0 Å². The fourth-order valence-corrected chi connectivity index (χ4v) is 1.46. The normalized spacial score (nSPS) is 10.6. The molecule has 0 radical (unpaired) electrons. The maximum Gasteiger partial charge on any atom is 0.222 e. The van der Waals surface area contributed by atoms with E-state index in [4.69, 9.17) is 10.5 Å². The SMILES string of the molecule is CC(C)c1cc(Oc2cccc(O)c2N)ncn1. The smallest absolute Gasteiger partial charge is 0.222 e. The van der Waals surface area contributed by atoms with Crippen LogP contribution in [0.4, 0.5) is 5.69 Å². The highest BCUT2D eigenvalue weighted by atomic mass is 16.5. The van der Waals surface area contributed by atoms with Crippen molar-refractivity contribution >= 4 is 5.69 Å². The van der Waals surface area contributed by atoms with Gasteiger partial charge in [0.1, 0.15) is 17.8 Å². The van der Waals surface area contributed by atoms with E-state index in [1.54, 1.807) is 18.2 Å². The molecular weight excluding hydrogens is 230 g/mol. The summed E-state index contributed by atoms with van der Waals surface area (Å²) in [5, 5.41) is 9.48. The zero-order valence-corrected chi connectivity index (χ0v) is 10.3. The van der Waals surface area contributed by atoms with E-state index in [0.717, 1.165) is 5.69 Å². The summed E-state index contributed by atoms with van der Waals surface area (Å²) in [6, 6.07) is 6.59. The standard InChI is InChI=1S/C13H15N3O2/c1-8(2)9-6-12(16-7-15-9)18-11-5-3-4-10(17)13(11)14/h3-8,17H,14H2,1-2H3. The number of hydrogen-bond acceptors (Lipinski definition) is 5. The van der Waals surface area contributed by atoms with Crippen LogP contribution in [0, 0.1) is 0 Å². The summed E-state index contributed by atoms with van der Waals surface area (Å²) in [5.41, 5.74) is 6.79. The Kier molecular flexibility index (Phi) is 3.32. The van der Waals surface area contributed by atoms with Gasteiger partial charge in [0.05, 0.1) is 5.69 Å². The molecular formula is C13H15N3O2. The number of nitrogens with two attached hydrogens (primary N) is 1. The fraction of sp³-hybridized carbons (Fsp3) is 0.231. The third-order valence-corrected chi connectivity index (χ3v) is 2.51. The Hall–Kier alpha value is -2.30. The first-order chi connectivity index (χ1) is 8.58. The van der Waals surface area contributed by atoms with Crippen LogP contribution in [0.25, 0.3) is 0 Å². The first-order valence-electron chi connectivity index (χ1n) is 5.65. The number of phenols is 1. The van der Waals surface area contributed by atoms with Crippen LogP contribution in [-0.4, -0.2) is 15.1 Å². The number of phenolic OH excluding ortho intramolecular Hbond substituents is 1. The second-order valence-corrected chi connectivity index (χ2v) is 4.23. The van der Waals surface area contributed by atoms with Gasteiger partial charge in [0, 0.05) is 6.07 Å². The second-order valence-electron chi connectivity index (χ2n) is 4.23. The minimum absolute atomic E-state index is 0.00867. The third-order valence-electron chi connectivity index (χ3n) is 2.51. The maximum absolute atomic E-state index is 9.48. The highest BCUT2D eigenvalue weighted by Crippen LogP contribution is 2.33. The molecule has 0 amide bonds. The topological polar surface area (TPSA) is 81.3 Å². The molecule has 0 spiro atoms. The van der Waals surface area contributed by atoms with Gasteiger partial charge in [-0.1, -0.05) is 19.9 Å². The molecule has 5 nitrogen and oxygen atoms in total. The molecule has 18 heavy (non-hydrogen) atoms. The molecule has 94 valence electrons. The third kappa shape index (κ3) is 2.51. The predicted molar refractivity (Wildman–Crippen MR) is 68.7 cm³/mol. The quantitative estimate of drug-likeness (QED) is 0.641. The lowest BCUT2D eigenvalue weighted by Crippen LogP contribution is -1.97. The van der Waals surface area contributed by atoms with Crippen molar-refractivity contribution in [3.63, 3.8) is 0 Å². The van der Waals surface area contributed by atoms with Crippen molar-refractivity contribution in [2.75, 3.05) is 5.73 Å². The van der Waals surface area contributed by atoms with Crippen LogP contribution in [0.2, 0.25) is 0 Å². The summed E-state index contributed by atoms with van der Waals surface area (Å²) in [6.45, 7) is 4.07. The van der Waals surface area contributed by atoms with Crippen LogP contribution in [0.1, 0.15) is 25.5 Å². The van der Waals surface area contributed by atoms with Gasteiger partial charge in [0.25, 0.3) is 0 Å². The Labute approximate surface area is 105 Å². The summed E-state index contributed by atoms with van der Waals surface area (Å²) < 4.78 is 5.54. The lowest BCUT2D eigenvalue weighted by atomic mass is 10.1. The summed E-state index contributed by atoms with van der Waals surface area (Å²) in [4.78, 5) is 8.17. The minimum atomic E-state index is -0.00867. The number of nitrogens with zero attached hydrogens (tertiary/aromatic N) is 2. The van der Waals surface area contributed by atoms with Crippen molar-refractivity contribution < 1.29 is 9.84 Å². The Balaban J connectivity index is 2.28. The van der Waals surface area contributed by atoms with Crippen molar-refractivity contribution in [2.45, 2.75) is 19.8 Å². The largest absolute Gasteiger partial charge is 0.506 e. The van der Waals surface area contributed by atoms with E-state index >= 15 is 0 Å². The molecule has 3 N–H and O–H groups in total. The molecule has 1 aromatic carbocycles. The zero-order chi connectivity index (χ0) is 13.1. The van der Waals surface area contributed by atoms with Crippen LogP contribution < -0.4 is 10.5 Å². The zero-order valence-electron chi connectivity index (χ0n) is 10.3. The first kappa shape index (κ1) is 12.2. The summed E-state index contributed by atoms with van der Waals surface area (Å²) in [7, 11) is 0. The molecule has 0 aliphatic heterocycles. The van der Waals surface area contributed by atoms with E-state index in [9.17, 15) is 5.11 Å². The Morgan fingerprint density at radius 3 is 2.78 bits per heavy atom. The predicted octanol–water partition coefficient (Wildman–Crippen LogP) is 2.68. The molecule has 0 fully saturated rings. The van der Waals surface area contributed by atoms with Crippen LogP contribution in [-0.2, 0) is 0 Å². The van der Waals surface area contributed by atoms with E-state index in [1.807, 2.05) is 13.8 Å². The first-order valence-corrected chi connectivity index (χ1v) is 5.65. The van der Waals surface area contributed by atoms with Crippen molar-refractivity contribution in [1.29, 1.82) is 0 Å². The highest BCUT2D eigenvalue weighted by molar-refractivity contribution is 5.62. The summed E-state index contributed by atoms with van der Waals surface area (Å²) in [5.74, 6) is 1.07. The number of aromatic nitrogens is 2. The molecule has 2 aromatic rings. The number of hydrogen-bond donors (Lipinski definition) is 2. The monoisotopic (exact) mass is 245 g/mol. The van der Waals surface area contributed by atoms with Crippen molar-refractivity contribution in [3.8, 4) is 17.4 Å². The maximum atomic E-state index is 9.48. The highest BCUT2D eigenvalue weighted by Gasteiger charge is 2.08. The van der Waals surface area contributed by atoms with Gasteiger partial charge in [-0.15, -0.1) is 0 Å². The molecule has 2 rings (SSSR count). The minimum Gasteiger partial charge on any atom is -0.506 e.